The zero-order valence-corrected chi connectivity index (χ0v) is 30.1. The van der Waals surface area contributed by atoms with Gasteiger partial charge >= 0.3 is 12.1 Å². The summed E-state index contributed by atoms with van der Waals surface area (Å²) in [6, 6.07) is 16.2. The van der Waals surface area contributed by atoms with E-state index in [1.807, 2.05) is 62.4 Å². The van der Waals surface area contributed by atoms with E-state index in [1.54, 1.807) is 12.1 Å². The summed E-state index contributed by atoms with van der Waals surface area (Å²) in [5.74, 6) is -30.6. The molecule has 0 aromatic heterocycles. The average molecular weight is 835 g/mol. The third kappa shape index (κ3) is 12.6. The lowest BCUT2D eigenvalue weighted by Crippen LogP contribution is -2.52. The Balaban J connectivity index is 0.000000311. The fourth-order valence-electron chi connectivity index (χ4n) is 4.70. The minimum Gasteiger partial charge on any atom is -0.480 e. The van der Waals surface area contributed by atoms with Crippen LogP contribution in [0, 0.1) is 64.1 Å². The first-order valence-electron chi connectivity index (χ1n) is 16.7. The molecule has 2 atom stereocenters. The third-order valence-corrected chi connectivity index (χ3v) is 7.52. The SMILES string of the molecule is CC(C)C[C@H](NC(=O)OCc1ccccc1)C(=O)N[C@@H](Cc1ccccc1)C(=O)O.O=C(COc1c(F)c(F)c(F)c(F)c1F)COc1c(F)c(F)c(F)c(F)c1F. The molecular formula is C38H32F10N2O8. The van der Waals surface area contributed by atoms with Crippen LogP contribution in [0.1, 0.15) is 31.4 Å². The molecule has 0 radical (unpaired) electrons. The van der Waals surface area contributed by atoms with E-state index in [4.69, 9.17) is 4.74 Å². The molecule has 4 rings (SSSR count). The van der Waals surface area contributed by atoms with Crippen LogP contribution < -0.4 is 20.1 Å². The lowest BCUT2D eigenvalue weighted by molar-refractivity contribution is -0.142. The number of alkyl carbamates (subject to hydrolysis) is 1. The fraction of sp³-hybridized carbons (Fsp3) is 0.263. The van der Waals surface area contributed by atoms with Gasteiger partial charge in [0.2, 0.25) is 69.9 Å². The van der Waals surface area contributed by atoms with Crippen LogP contribution in [0.3, 0.4) is 0 Å². The zero-order valence-electron chi connectivity index (χ0n) is 30.1. The average Bonchev–Trinajstić information content (AvgIpc) is 3.20. The van der Waals surface area contributed by atoms with Gasteiger partial charge in [-0.05, 0) is 23.5 Å². The molecule has 0 fully saturated rings. The third-order valence-electron chi connectivity index (χ3n) is 7.52. The lowest BCUT2D eigenvalue weighted by Gasteiger charge is -2.22. The van der Waals surface area contributed by atoms with Gasteiger partial charge in [0.05, 0.1) is 0 Å². The van der Waals surface area contributed by atoms with Gasteiger partial charge in [-0.2, -0.15) is 17.6 Å². The maximum absolute atomic E-state index is 13.3. The number of halogens is 10. The highest BCUT2D eigenvalue weighted by molar-refractivity contribution is 5.89. The number of amides is 2. The Kier molecular flexibility index (Phi) is 16.9. The monoisotopic (exact) mass is 834 g/mol. The van der Waals surface area contributed by atoms with Gasteiger partial charge in [0, 0.05) is 6.42 Å². The summed E-state index contributed by atoms with van der Waals surface area (Å²) in [4.78, 5) is 48.0. The number of aliphatic carboxylic acids is 1. The standard InChI is InChI=1S/C23H28N2O5.C15H4F10O3/c1-16(2)13-19(25-23(29)30-15-18-11-7-4-8-12-18)21(26)24-20(22(27)28)14-17-9-5-3-6-10-17;16-4-6(18)10(22)14(11(23)7(4)19)27-1-3(26)2-28-15-12(24)8(20)5(17)9(21)13(15)25/h3-12,16,19-20H,13-15H2,1-2H3,(H,24,26)(H,25,29)(H,27,28);1-2H2/t19-,20-;/m0./s1. The first-order chi connectivity index (χ1) is 27.3. The summed E-state index contributed by atoms with van der Waals surface area (Å²) in [7, 11) is 0. The number of hydrogen-bond donors (Lipinski definition) is 3. The number of benzene rings is 4. The van der Waals surface area contributed by atoms with Crippen molar-refractivity contribution in [1.82, 2.24) is 10.6 Å². The smallest absolute Gasteiger partial charge is 0.408 e. The first-order valence-corrected chi connectivity index (χ1v) is 16.7. The fourth-order valence-corrected chi connectivity index (χ4v) is 4.70. The second kappa shape index (κ2) is 21.3. The van der Waals surface area contributed by atoms with Gasteiger partial charge in [-0.25, -0.2) is 35.9 Å². The molecule has 0 heterocycles. The van der Waals surface area contributed by atoms with Gasteiger partial charge in [0.15, 0.2) is 24.7 Å². The van der Waals surface area contributed by atoms with Crippen LogP contribution in [-0.2, 0) is 32.1 Å². The van der Waals surface area contributed by atoms with Gasteiger partial charge in [-0.15, -0.1) is 0 Å². The lowest BCUT2D eigenvalue weighted by atomic mass is 10.0. The Morgan fingerprint density at radius 3 is 1.36 bits per heavy atom. The number of ketones is 1. The van der Waals surface area contributed by atoms with E-state index in [2.05, 4.69) is 20.1 Å². The van der Waals surface area contributed by atoms with Crippen LogP contribution in [0.25, 0.3) is 0 Å². The number of rotatable bonds is 16. The molecule has 0 aliphatic heterocycles. The van der Waals surface area contributed by atoms with E-state index in [0.717, 1.165) is 11.1 Å². The van der Waals surface area contributed by atoms with E-state index < -0.39 is 119 Å². The van der Waals surface area contributed by atoms with E-state index in [1.165, 1.54) is 0 Å². The molecule has 4 aromatic carbocycles. The van der Waals surface area contributed by atoms with Crippen LogP contribution in [0.15, 0.2) is 60.7 Å². The van der Waals surface area contributed by atoms with Crippen LogP contribution in [0.5, 0.6) is 11.5 Å². The molecule has 10 nitrogen and oxygen atoms in total. The number of carboxylic acids is 1. The quantitative estimate of drug-likeness (QED) is 0.0610. The summed E-state index contributed by atoms with van der Waals surface area (Å²) in [6.45, 7) is 1.06. The zero-order chi connectivity index (χ0) is 43.3. The molecule has 0 saturated heterocycles. The number of ether oxygens (including phenoxy) is 3. The molecule has 4 aromatic rings. The maximum atomic E-state index is 13.3. The molecular weight excluding hydrogens is 802 g/mol. The summed E-state index contributed by atoms with van der Waals surface area (Å²) in [6.07, 6.45) is -0.229. The summed E-state index contributed by atoms with van der Waals surface area (Å²) in [5, 5.41) is 14.6. The van der Waals surface area contributed by atoms with E-state index in [0.29, 0.717) is 6.42 Å². The molecule has 0 aliphatic rings. The van der Waals surface area contributed by atoms with Gasteiger partial charge in [-0.3, -0.25) is 9.59 Å². The topological polar surface area (TPSA) is 140 Å². The first kappa shape index (κ1) is 46.0. The number of hydrogen-bond acceptors (Lipinski definition) is 7. The van der Waals surface area contributed by atoms with Crippen molar-refractivity contribution in [1.29, 1.82) is 0 Å². The number of carbonyl (C=O) groups is 4. The molecule has 3 N–H and O–H groups in total. The molecule has 2 amide bonds. The highest BCUT2D eigenvalue weighted by Gasteiger charge is 2.30. The summed E-state index contributed by atoms with van der Waals surface area (Å²) >= 11 is 0. The second-order valence-electron chi connectivity index (χ2n) is 12.4. The molecule has 0 bridgehead atoms. The van der Waals surface area contributed by atoms with E-state index in [9.17, 15) is 68.2 Å². The highest BCUT2D eigenvalue weighted by atomic mass is 19.2. The van der Waals surface area contributed by atoms with Gasteiger partial charge < -0.3 is 30.0 Å². The molecule has 58 heavy (non-hydrogen) atoms. The maximum Gasteiger partial charge on any atom is 0.408 e. The summed E-state index contributed by atoms with van der Waals surface area (Å²) < 4.78 is 144. The number of carboxylic acid groups (broad SMARTS) is 1. The van der Waals surface area contributed by atoms with Crippen molar-refractivity contribution >= 4 is 23.8 Å². The Hall–Kier alpha value is -6.34. The van der Waals surface area contributed by atoms with Crippen LogP contribution in [-0.4, -0.2) is 54.2 Å². The van der Waals surface area contributed by atoms with Crippen molar-refractivity contribution in [3.8, 4) is 11.5 Å². The number of Topliss-reactive ketones (excluding diaryl/α,β-unsaturated/α-hetero) is 1. The van der Waals surface area contributed by atoms with Crippen LogP contribution >= 0.6 is 0 Å². The minimum atomic E-state index is -2.48. The predicted octanol–water partition coefficient (Wildman–Crippen LogP) is 7.24. The largest absolute Gasteiger partial charge is 0.480 e. The molecule has 0 saturated carbocycles. The molecule has 20 heteroatoms. The van der Waals surface area contributed by atoms with Crippen LogP contribution in [0.4, 0.5) is 48.7 Å². The Morgan fingerprint density at radius 2 is 0.966 bits per heavy atom. The predicted molar refractivity (Wildman–Crippen MR) is 181 cm³/mol. The Labute approximate surface area is 322 Å². The van der Waals surface area contributed by atoms with Crippen molar-refractivity contribution in [2.45, 2.75) is 45.4 Å². The van der Waals surface area contributed by atoms with Gasteiger partial charge in [-0.1, -0.05) is 74.5 Å². The van der Waals surface area contributed by atoms with E-state index >= 15 is 0 Å². The molecule has 312 valence electrons. The second-order valence-corrected chi connectivity index (χ2v) is 12.4. The van der Waals surface area contributed by atoms with Gasteiger partial charge in [0.25, 0.3) is 0 Å². The number of carbonyl (C=O) groups excluding carboxylic acids is 3. The normalized spacial score (nSPS) is 11.8. The van der Waals surface area contributed by atoms with Crippen molar-refractivity contribution in [3.05, 3.63) is 130 Å². The Morgan fingerprint density at radius 1 is 0.569 bits per heavy atom. The van der Waals surface area contributed by atoms with Crippen molar-refractivity contribution in [3.63, 3.8) is 0 Å². The van der Waals surface area contributed by atoms with Gasteiger partial charge in [0.1, 0.15) is 18.7 Å². The Bertz CT molecular complexity index is 1960. The summed E-state index contributed by atoms with van der Waals surface area (Å²) in [5.41, 5.74) is 1.62. The van der Waals surface area contributed by atoms with Crippen molar-refractivity contribution in [2.75, 3.05) is 13.2 Å². The minimum absolute atomic E-state index is 0.0778. The molecule has 0 unspecified atom stereocenters. The molecule has 0 aliphatic carbocycles. The highest BCUT2D eigenvalue weighted by Crippen LogP contribution is 2.30. The van der Waals surface area contributed by atoms with Crippen LogP contribution in [0.2, 0.25) is 0 Å². The van der Waals surface area contributed by atoms with E-state index in [-0.39, 0.29) is 18.9 Å². The number of nitrogens with one attached hydrogen (secondary N) is 2. The molecule has 0 spiro atoms. The van der Waals surface area contributed by atoms with Crippen molar-refractivity contribution < 1.29 is 82.4 Å². The van der Waals surface area contributed by atoms with Crippen molar-refractivity contribution in [2.24, 2.45) is 5.92 Å².